The summed E-state index contributed by atoms with van der Waals surface area (Å²) in [5.74, 6) is -6.76. The average Bonchev–Trinajstić information content (AvgIpc) is 3.21. The van der Waals surface area contributed by atoms with Crippen LogP contribution in [0.15, 0.2) is 4.79 Å². The van der Waals surface area contributed by atoms with E-state index in [-0.39, 0.29) is 4.57 Å². The van der Waals surface area contributed by atoms with Crippen LogP contribution in [0.5, 0.6) is 5.75 Å². The second-order valence-corrected chi connectivity index (χ2v) is 6.50. The summed E-state index contributed by atoms with van der Waals surface area (Å²) >= 11 is 6.15. The van der Waals surface area contributed by atoms with Crippen molar-refractivity contribution in [2.24, 2.45) is 5.89 Å². The first-order valence-corrected chi connectivity index (χ1v) is 8.37. The van der Waals surface area contributed by atoms with Gasteiger partial charge in [-0.25, -0.2) is 4.98 Å². The van der Waals surface area contributed by atoms with Crippen molar-refractivity contribution in [3.05, 3.63) is 20.4 Å². The molecule has 2 aromatic heterocycles. The molecule has 0 spiro atoms. The zero-order valence-corrected chi connectivity index (χ0v) is 15.1. The van der Waals surface area contributed by atoms with Gasteiger partial charge in [0.25, 0.3) is 11.5 Å². The number of aromatic nitrogens is 2. The van der Waals surface area contributed by atoms with Crippen molar-refractivity contribution < 1.29 is 36.0 Å². The standard InChI is InChI=1S/C18H25ClN4O3S/c1-3-23-16(26)12(14(24)13-17(23)27-18(19)21-13)15(25)20-7-5-9-22-8-4-6-11(2)10-22/h11,24H,3-10H2,1-2H3,(H,20,25)/i1D3,3D2,4D2,6D2,7D2,8D2,9D2,10D2,11D/hD. The summed E-state index contributed by atoms with van der Waals surface area (Å²) < 4.78 is 153. The average molecular weight is 432 g/mol. The van der Waals surface area contributed by atoms with Crippen LogP contribution in [0.3, 0.4) is 0 Å². The predicted octanol–water partition coefficient (Wildman–Crippen LogP) is 2.69. The quantitative estimate of drug-likeness (QED) is 0.734. The predicted molar refractivity (Wildman–Crippen MR) is 108 cm³/mol. The van der Waals surface area contributed by atoms with Crippen molar-refractivity contribution in [1.29, 1.82) is 0 Å². The molecule has 0 aliphatic carbocycles. The number of halogens is 1. The Bertz CT molecular complexity index is 1610. The van der Waals surface area contributed by atoms with Crippen LogP contribution in [0.4, 0.5) is 0 Å². The molecule has 3 heterocycles. The van der Waals surface area contributed by atoms with E-state index in [1.54, 1.807) is 0 Å². The molecule has 3 rings (SSSR count). The van der Waals surface area contributed by atoms with Crippen molar-refractivity contribution in [2.75, 3.05) is 26.0 Å². The van der Waals surface area contributed by atoms with Crippen molar-refractivity contribution in [3.63, 3.8) is 0 Å². The summed E-state index contributed by atoms with van der Waals surface area (Å²) in [7, 11) is 0. The summed E-state index contributed by atoms with van der Waals surface area (Å²) in [5, 5.41) is 9.99. The Morgan fingerprint density at radius 3 is 3.30 bits per heavy atom. The van der Waals surface area contributed by atoms with Gasteiger partial charge in [-0.05, 0) is 44.9 Å². The van der Waals surface area contributed by atoms with E-state index in [1.165, 1.54) is 0 Å². The molecule has 0 bridgehead atoms. The summed E-state index contributed by atoms with van der Waals surface area (Å²) in [4.78, 5) is 29.2. The molecule has 27 heavy (non-hydrogen) atoms. The maximum atomic E-state index is 13.4. The number of pyridine rings is 1. The molecule has 1 unspecified atom stereocenters. The van der Waals surface area contributed by atoms with Crippen molar-refractivity contribution in [2.45, 2.75) is 39.4 Å². The van der Waals surface area contributed by atoms with Crippen molar-refractivity contribution in [3.8, 4) is 5.75 Å². The first-order valence-electron chi connectivity index (χ1n) is 16.6. The molecule has 1 aliphatic rings. The number of rotatable bonds is 6. The Balaban J connectivity index is 2.19. The fraction of sp³-hybridized carbons (Fsp3) is 0.611. The van der Waals surface area contributed by atoms with Crippen LogP contribution in [0.2, 0.25) is 5.88 Å². The fourth-order valence-electron chi connectivity index (χ4n) is 2.07. The molecule has 0 radical (unpaired) electrons. The summed E-state index contributed by atoms with van der Waals surface area (Å²) in [5.41, 5.74) is -4.29. The number of carbonyl (C=O) groups is 1. The van der Waals surface area contributed by atoms with E-state index in [1.807, 2.05) is 0 Å². The van der Waals surface area contributed by atoms with Gasteiger partial charge in [-0.2, -0.15) is 0 Å². The van der Waals surface area contributed by atoms with Gasteiger partial charge in [0.15, 0.2) is 11.6 Å². The van der Waals surface area contributed by atoms with Crippen LogP contribution in [0.25, 0.3) is 10.3 Å². The van der Waals surface area contributed by atoms with E-state index in [0.29, 0.717) is 18.3 Å². The first kappa shape index (κ1) is 7.00. The zero-order chi connectivity index (χ0) is 36.4. The van der Waals surface area contributed by atoms with Gasteiger partial charge in [-0.1, -0.05) is 29.9 Å². The highest BCUT2D eigenvalue weighted by molar-refractivity contribution is 7.21. The number of aromatic hydroxyl groups is 1. The number of nitrogens with zero attached hydrogens (tertiary/aromatic N) is 3. The summed E-state index contributed by atoms with van der Waals surface area (Å²) in [6, 6.07) is 0. The number of carbonyl (C=O) groups excluding carboxylic acids is 1. The van der Waals surface area contributed by atoms with Gasteiger partial charge in [0.1, 0.15) is 15.9 Å². The lowest BCUT2D eigenvalue weighted by atomic mass is 10.0. The van der Waals surface area contributed by atoms with Crippen LogP contribution in [-0.4, -0.2) is 51.5 Å². The monoisotopic (exact) mass is 431 g/mol. The van der Waals surface area contributed by atoms with Crippen LogP contribution in [0, 0.1) is 5.89 Å². The number of likely N-dealkylation sites (tertiary alicyclic amines) is 1. The number of hydrogen-bond acceptors (Lipinski definition) is 6. The maximum absolute atomic E-state index is 13.4. The second kappa shape index (κ2) is 8.58. The number of thiazole rings is 1. The van der Waals surface area contributed by atoms with Gasteiger partial charge in [0.05, 0.1) is 0 Å². The van der Waals surface area contributed by atoms with E-state index in [2.05, 4.69) is 4.98 Å². The largest absolute Gasteiger partial charge is 0.505 e. The minimum absolute atomic E-state index is 0.101. The molecular formula is C18H25ClN4O3S. The molecule has 148 valence electrons. The van der Waals surface area contributed by atoms with Gasteiger partial charge >= 0.3 is 0 Å². The van der Waals surface area contributed by atoms with Crippen molar-refractivity contribution in [1.82, 2.24) is 19.8 Å². The van der Waals surface area contributed by atoms with E-state index < -0.39 is 112 Å². The molecule has 2 aromatic rings. The third kappa shape index (κ3) is 4.28. The molecule has 2 N–H and O–H groups in total. The molecule has 1 fully saturated rings. The molecule has 9 heteroatoms. The Kier molecular flexibility index (Phi) is 2.23. The van der Waals surface area contributed by atoms with E-state index in [0.717, 1.165) is 0 Å². The van der Waals surface area contributed by atoms with Crippen LogP contribution in [0.1, 0.15) is 68.0 Å². The number of nitrogens with one attached hydrogen (secondary N) is 1. The number of amides is 1. The molecule has 7 nitrogen and oxygen atoms in total. The number of piperidine rings is 1. The van der Waals surface area contributed by atoms with Gasteiger partial charge in [0.2, 0.25) is 0 Å². The van der Waals surface area contributed by atoms with E-state index in [9.17, 15) is 14.7 Å². The number of hydrogen-bond donors (Lipinski definition) is 2. The topological polar surface area (TPSA) is 87.5 Å². The molecular weight excluding hydrogens is 388 g/mol. The van der Waals surface area contributed by atoms with Crippen LogP contribution in [-0.2, 0) is 6.50 Å². The Labute approximate surface area is 193 Å². The molecule has 1 atom stereocenters. The lowest BCUT2D eigenvalue weighted by Crippen LogP contribution is -2.37. The summed E-state index contributed by atoms with van der Waals surface area (Å²) in [6.45, 7) is -21.9. The lowest BCUT2D eigenvalue weighted by Gasteiger charge is -2.30. The molecule has 0 aromatic carbocycles. The highest BCUT2D eigenvalue weighted by Gasteiger charge is 2.24. The SMILES string of the molecule is [2H]N(C(=O)c1c(O)c2nc(Cl)sc2n(C([2H])([2H])C([2H])([2H])[2H])c1=O)C([2H])([2H])CC([2H])([2H])N1C([2H])([2H])C([2H])([2H])C([2H])([2H])C([2H])(C)C1([2H])[2H]. The number of aryl methyl sites for hydroxylation is 1. The highest BCUT2D eigenvalue weighted by Crippen LogP contribution is 2.32. The molecule has 1 amide bonds. The van der Waals surface area contributed by atoms with Crippen LogP contribution >= 0.6 is 22.9 Å². The summed E-state index contributed by atoms with van der Waals surface area (Å²) in [6.07, 6.45) is -9.34. The zero-order valence-electron chi connectivity index (χ0n) is 32.5. The third-order valence-electron chi connectivity index (χ3n) is 3.18. The fourth-order valence-corrected chi connectivity index (χ4v) is 3.13. The minimum atomic E-state index is -3.95. The second-order valence-electron chi connectivity index (χ2n) is 4.94. The van der Waals surface area contributed by atoms with Gasteiger partial charge in [0, 0.05) is 44.2 Å². The molecule has 1 saturated heterocycles. The Hall–Kier alpha value is -1.64. The Morgan fingerprint density at radius 1 is 1.70 bits per heavy atom. The third-order valence-corrected chi connectivity index (χ3v) is 4.33. The molecule has 0 saturated carbocycles. The van der Waals surface area contributed by atoms with E-state index in [4.69, 9.17) is 37.7 Å². The number of fused-ring (bicyclic) bond motifs is 1. The molecule has 1 aliphatic heterocycles. The van der Waals surface area contributed by atoms with Gasteiger partial charge < -0.3 is 15.3 Å². The Morgan fingerprint density at radius 2 is 2.52 bits per heavy atom. The van der Waals surface area contributed by atoms with Crippen molar-refractivity contribution >= 4 is 39.2 Å². The lowest BCUT2D eigenvalue weighted by molar-refractivity contribution is 0.0945. The van der Waals surface area contributed by atoms with Gasteiger partial charge in [-0.15, -0.1) is 0 Å². The highest BCUT2D eigenvalue weighted by atomic mass is 35.5. The van der Waals surface area contributed by atoms with E-state index >= 15 is 0 Å². The first-order chi connectivity index (χ1) is 20.1. The maximum Gasteiger partial charge on any atom is 0.268 e. The normalized spacial score (nSPS) is 40.7. The van der Waals surface area contributed by atoms with Gasteiger partial charge in [-0.3, -0.25) is 14.2 Å². The minimum Gasteiger partial charge on any atom is -0.505 e. The van der Waals surface area contributed by atoms with Crippen LogP contribution < -0.4 is 10.9 Å². The smallest absolute Gasteiger partial charge is 0.268 e.